The summed E-state index contributed by atoms with van der Waals surface area (Å²) in [5, 5.41) is 0. The van der Waals surface area contributed by atoms with E-state index in [2.05, 4.69) is 0 Å². The lowest BCUT2D eigenvalue weighted by molar-refractivity contribution is -0.186. The smallest absolute Gasteiger partial charge is 0.398 e. The fourth-order valence-electron chi connectivity index (χ4n) is 1.78. The monoisotopic (exact) mass is 258 g/mol. The summed E-state index contributed by atoms with van der Waals surface area (Å²) in [6.07, 6.45) is -3.59. The highest BCUT2D eigenvalue weighted by molar-refractivity contribution is 5.82. The van der Waals surface area contributed by atoms with Crippen molar-refractivity contribution in [2.45, 2.75) is 31.6 Å². The first-order chi connectivity index (χ1) is 8.39. The van der Waals surface area contributed by atoms with E-state index in [0.717, 1.165) is 4.90 Å². The van der Waals surface area contributed by atoms with Crippen molar-refractivity contribution in [3.63, 3.8) is 0 Å². The van der Waals surface area contributed by atoms with E-state index >= 15 is 0 Å². The average Bonchev–Trinajstić information content (AvgIpc) is 3.10. The molecule has 1 saturated carbocycles. The van der Waals surface area contributed by atoms with Crippen molar-refractivity contribution in [3.8, 4) is 0 Å². The molecule has 1 fully saturated rings. The van der Waals surface area contributed by atoms with Crippen molar-refractivity contribution in [1.29, 1.82) is 0 Å². The molecular weight excluding hydrogens is 245 g/mol. The zero-order chi connectivity index (χ0) is 13.3. The number of carbonyl (C=O) groups excluding carboxylic acids is 1. The van der Waals surface area contributed by atoms with Crippen LogP contribution in [0.4, 0.5) is 18.9 Å². The lowest BCUT2D eigenvalue weighted by atomic mass is 10.1. The highest BCUT2D eigenvalue weighted by Gasteiger charge is 2.47. The van der Waals surface area contributed by atoms with E-state index in [4.69, 9.17) is 5.73 Å². The molecule has 1 aromatic carbocycles. The molecule has 0 saturated heterocycles. The molecule has 2 N–H and O–H groups in total. The van der Waals surface area contributed by atoms with Gasteiger partial charge in [0.1, 0.15) is 0 Å². The van der Waals surface area contributed by atoms with Crippen LogP contribution in [0.3, 0.4) is 0 Å². The second-order valence-electron chi connectivity index (χ2n) is 4.36. The molecule has 0 heterocycles. The Morgan fingerprint density at radius 3 is 2.44 bits per heavy atom. The minimum Gasteiger partial charge on any atom is -0.398 e. The highest BCUT2D eigenvalue weighted by Crippen LogP contribution is 2.33. The van der Waals surface area contributed by atoms with Crippen LogP contribution < -0.4 is 5.73 Å². The summed E-state index contributed by atoms with van der Waals surface area (Å²) in [6.45, 7) is -0.0876. The number of benzene rings is 1. The van der Waals surface area contributed by atoms with Crippen molar-refractivity contribution in [2.24, 2.45) is 0 Å². The first-order valence-electron chi connectivity index (χ1n) is 5.61. The van der Waals surface area contributed by atoms with Crippen molar-refractivity contribution in [2.75, 3.05) is 5.73 Å². The van der Waals surface area contributed by atoms with Crippen LogP contribution in [0.15, 0.2) is 24.3 Å². The number of hydrogen-bond acceptors (Lipinski definition) is 2. The highest BCUT2D eigenvalue weighted by atomic mass is 19.4. The summed E-state index contributed by atoms with van der Waals surface area (Å²) in [6, 6.07) is 6.33. The molecule has 0 atom stereocenters. The molecule has 2 rings (SSSR count). The van der Waals surface area contributed by atoms with Gasteiger partial charge in [-0.25, -0.2) is 0 Å². The SMILES string of the molecule is Nc1ccccc1CN(C(=O)C(F)(F)F)C1CC1. The molecule has 0 aliphatic heterocycles. The molecule has 18 heavy (non-hydrogen) atoms. The number of anilines is 1. The Hall–Kier alpha value is -1.72. The van der Waals surface area contributed by atoms with Crippen LogP contribution >= 0.6 is 0 Å². The molecule has 0 bridgehead atoms. The largest absolute Gasteiger partial charge is 0.471 e. The van der Waals surface area contributed by atoms with Crippen molar-refractivity contribution < 1.29 is 18.0 Å². The first-order valence-corrected chi connectivity index (χ1v) is 5.61. The average molecular weight is 258 g/mol. The molecule has 0 unspecified atom stereocenters. The van der Waals surface area contributed by atoms with Gasteiger partial charge in [0, 0.05) is 18.3 Å². The fourth-order valence-corrected chi connectivity index (χ4v) is 1.78. The van der Waals surface area contributed by atoms with Crippen molar-refractivity contribution >= 4 is 11.6 Å². The predicted molar refractivity (Wildman–Crippen MR) is 60.5 cm³/mol. The van der Waals surface area contributed by atoms with Gasteiger partial charge in [-0.2, -0.15) is 13.2 Å². The van der Waals surface area contributed by atoms with Gasteiger partial charge in [0.05, 0.1) is 0 Å². The molecule has 1 aliphatic carbocycles. The van der Waals surface area contributed by atoms with E-state index in [1.807, 2.05) is 0 Å². The Balaban J connectivity index is 2.17. The van der Waals surface area contributed by atoms with Crippen LogP contribution in [-0.2, 0) is 11.3 Å². The number of amides is 1. The van der Waals surface area contributed by atoms with E-state index < -0.39 is 12.1 Å². The molecule has 0 aromatic heterocycles. The summed E-state index contributed by atoms with van der Waals surface area (Å²) in [7, 11) is 0. The van der Waals surface area contributed by atoms with Crippen molar-refractivity contribution in [3.05, 3.63) is 29.8 Å². The summed E-state index contributed by atoms with van der Waals surface area (Å²) in [5.41, 5.74) is 6.62. The number of nitrogen functional groups attached to an aromatic ring is 1. The minimum absolute atomic E-state index is 0.0876. The van der Waals surface area contributed by atoms with Crippen LogP contribution in [-0.4, -0.2) is 23.0 Å². The maximum absolute atomic E-state index is 12.5. The lowest BCUT2D eigenvalue weighted by Gasteiger charge is -2.24. The normalized spacial score (nSPS) is 15.5. The van der Waals surface area contributed by atoms with Crippen LogP contribution in [0.5, 0.6) is 0 Å². The molecule has 1 amide bonds. The fraction of sp³-hybridized carbons (Fsp3) is 0.417. The number of carbonyl (C=O) groups is 1. The Bertz CT molecular complexity index is 455. The minimum atomic E-state index is -4.83. The Morgan fingerprint density at radius 1 is 1.33 bits per heavy atom. The van der Waals surface area contributed by atoms with Crippen LogP contribution in [0.25, 0.3) is 0 Å². The Labute approximate surface area is 102 Å². The molecule has 1 aliphatic rings. The van der Waals surface area contributed by atoms with E-state index in [-0.39, 0.29) is 12.6 Å². The maximum atomic E-state index is 12.5. The lowest BCUT2D eigenvalue weighted by Crippen LogP contribution is -2.42. The summed E-state index contributed by atoms with van der Waals surface area (Å²) in [5.74, 6) is -1.78. The Morgan fingerprint density at radius 2 is 1.94 bits per heavy atom. The standard InChI is InChI=1S/C12H13F3N2O/c13-12(14,15)11(18)17(9-5-6-9)7-8-3-1-2-4-10(8)16/h1-4,9H,5-7,16H2. The summed E-state index contributed by atoms with van der Waals surface area (Å²) < 4.78 is 37.4. The molecule has 0 radical (unpaired) electrons. The zero-order valence-corrected chi connectivity index (χ0v) is 9.57. The summed E-state index contributed by atoms with van der Waals surface area (Å²) in [4.78, 5) is 12.2. The van der Waals surface area contributed by atoms with Gasteiger partial charge >= 0.3 is 12.1 Å². The number of hydrogen-bond donors (Lipinski definition) is 1. The van der Waals surface area contributed by atoms with Crippen LogP contribution in [0.2, 0.25) is 0 Å². The Kier molecular flexibility index (Phi) is 3.19. The third-order valence-corrected chi connectivity index (χ3v) is 2.89. The number of para-hydroxylation sites is 1. The van der Waals surface area contributed by atoms with E-state index in [9.17, 15) is 18.0 Å². The van der Waals surface area contributed by atoms with E-state index in [1.165, 1.54) is 0 Å². The number of halogens is 3. The number of nitrogens with zero attached hydrogens (tertiary/aromatic N) is 1. The van der Waals surface area contributed by atoms with Crippen LogP contribution in [0, 0.1) is 0 Å². The maximum Gasteiger partial charge on any atom is 0.471 e. The van der Waals surface area contributed by atoms with Gasteiger partial charge in [0.25, 0.3) is 0 Å². The third kappa shape index (κ3) is 2.75. The summed E-state index contributed by atoms with van der Waals surface area (Å²) >= 11 is 0. The second kappa shape index (κ2) is 4.51. The number of alkyl halides is 3. The number of nitrogens with two attached hydrogens (primary N) is 1. The van der Waals surface area contributed by atoms with Crippen molar-refractivity contribution in [1.82, 2.24) is 4.90 Å². The van der Waals surface area contributed by atoms with Gasteiger partial charge in [-0.15, -0.1) is 0 Å². The quantitative estimate of drug-likeness (QED) is 0.846. The third-order valence-electron chi connectivity index (χ3n) is 2.89. The van der Waals surface area contributed by atoms with Gasteiger partial charge in [0.2, 0.25) is 0 Å². The first kappa shape index (κ1) is 12.7. The van der Waals surface area contributed by atoms with Gasteiger partial charge < -0.3 is 10.6 Å². The molecule has 3 nitrogen and oxygen atoms in total. The molecule has 1 aromatic rings. The molecule has 0 spiro atoms. The molecule has 6 heteroatoms. The van der Waals surface area contributed by atoms with Gasteiger partial charge in [-0.1, -0.05) is 18.2 Å². The van der Waals surface area contributed by atoms with Gasteiger partial charge in [-0.3, -0.25) is 4.79 Å². The van der Waals surface area contributed by atoms with Gasteiger partial charge in [-0.05, 0) is 24.5 Å². The van der Waals surface area contributed by atoms with Gasteiger partial charge in [0.15, 0.2) is 0 Å². The molecular formula is C12H13F3N2O. The number of rotatable bonds is 3. The topological polar surface area (TPSA) is 46.3 Å². The molecule has 98 valence electrons. The van der Waals surface area contributed by atoms with Crippen LogP contribution in [0.1, 0.15) is 18.4 Å². The van der Waals surface area contributed by atoms with E-state index in [0.29, 0.717) is 24.1 Å². The second-order valence-corrected chi connectivity index (χ2v) is 4.36. The zero-order valence-electron chi connectivity index (χ0n) is 9.57. The van der Waals surface area contributed by atoms with E-state index in [1.54, 1.807) is 24.3 Å². The predicted octanol–water partition coefficient (Wildman–Crippen LogP) is 2.32.